The Hall–Kier alpha value is -1.46. The van der Waals surface area contributed by atoms with Crippen molar-refractivity contribution >= 4 is 40.7 Å². The molecule has 0 fully saturated rings. The summed E-state index contributed by atoms with van der Waals surface area (Å²) in [5.74, 6) is -0.519. The number of amides is 2. The summed E-state index contributed by atoms with van der Waals surface area (Å²) in [5.41, 5.74) is 0.607. The van der Waals surface area contributed by atoms with Gasteiger partial charge in [-0.1, -0.05) is 23.2 Å². The molecule has 0 radical (unpaired) electrons. The zero-order valence-electron chi connectivity index (χ0n) is 12.2. The molecule has 1 aromatic rings. The highest BCUT2D eigenvalue weighted by atomic mass is 35.5. The monoisotopic (exact) mass is 331 g/mol. The highest BCUT2D eigenvalue weighted by molar-refractivity contribution is 6.36. The summed E-state index contributed by atoms with van der Waals surface area (Å²) < 4.78 is 0. The molecule has 0 aromatic heterocycles. The molecule has 116 valence electrons. The van der Waals surface area contributed by atoms with Crippen LogP contribution in [0.15, 0.2) is 18.2 Å². The quantitative estimate of drug-likeness (QED) is 0.749. The van der Waals surface area contributed by atoms with Crippen molar-refractivity contribution in [3.8, 4) is 0 Å². The van der Waals surface area contributed by atoms with Crippen LogP contribution in [-0.4, -0.2) is 30.4 Å². The average Bonchev–Trinajstić information content (AvgIpc) is 2.38. The van der Waals surface area contributed by atoms with E-state index in [1.165, 1.54) is 0 Å². The van der Waals surface area contributed by atoms with E-state index < -0.39 is 6.04 Å². The molecule has 5 nitrogen and oxygen atoms in total. The molecule has 0 heterocycles. The van der Waals surface area contributed by atoms with Crippen molar-refractivity contribution in [2.24, 2.45) is 0 Å². The minimum atomic E-state index is -0.532. The maximum Gasteiger partial charge on any atom is 0.242 e. The van der Waals surface area contributed by atoms with E-state index in [4.69, 9.17) is 23.2 Å². The second kappa shape index (κ2) is 8.10. The summed E-state index contributed by atoms with van der Waals surface area (Å²) >= 11 is 11.8. The number of nitrogens with one attached hydrogen (secondary N) is 3. The Labute approximate surface area is 134 Å². The molecule has 0 saturated carbocycles. The molecule has 1 rings (SSSR count). The molecule has 0 spiro atoms. The molecule has 21 heavy (non-hydrogen) atoms. The summed E-state index contributed by atoms with van der Waals surface area (Å²) in [7, 11) is 0. The predicted molar refractivity (Wildman–Crippen MR) is 85.8 cm³/mol. The first-order valence-electron chi connectivity index (χ1n) is 6.58. The summed E-state index contributed by atoms with van der Waals surface area (Å²) in [4.78, 5) is 23.3. The van der Waals surface area contributed by atoms with Crippen molar-refractivity contribution in [1.29, 1.82) is 0 Å². The van der Waals surface area contributed by atoms with Crippen LogP contribution >= 0.6 is 23.2 Å². The Morgan fingerprint density at radius 2 is 1.86 bits per heavy atom. The topological polar surface area (TPSA) is 70.2 Å². The van der Waals surface area contributed by atoms with E-state index in [1.54, 1.807) is 25.1 Å². The molecule has 0 aliphatic rings. The van der Waals surface area contributed by atoms with Gasteiger partial charge < -0.3 is 16.0 Å². The fourth-order valence-electron chi connectivity index (χ4n) is 1.60. The number of halogens is 2. The van der Waals surface area contributed by atoms with Crippen molar-refractivity contribution in [3.05, 3.63) is 28.2 Å². The van der Waals surface area contributed by atoms with Gasteiger partial charge in [0.25, 0.3) is 0 Å². The standard InChI is InChI=1S/C14H19Cl2N3O2/c1-8(2)18-13(20)7-17-14(21)9(3)19-12-5-4-10(15)6-11(12)16/h4-6,8-9,19H,7H2,1-3H3,(H,17,21)(H,18,20)/t9-/m0/s1. The molecule has 1 aromatic carbocycles. The van der Waals surface area contributed by atoms with Gasteiger partial charge in [0, 0.05) is 11.1 Å². The Morgan fingerprint density at radius 3 is 2.43 bits per heavy atom. The van der Waals surface area contributed by atoms with Crippen LogP contribution in [0.3, 0.4) is 0 Å². The van der Waals surface area contributed by atoms with Crippen LogP contribution in [0.25, 0.3) is 0 Å². The minimum Gasteiger partial charge on any atom is -0.373 e. The van der Waals surface area contributed by atoms with Crippen LogP contribution in [0.1, 0.15) is 20.8 Å². The number of anilines is 1. The maximum atomic E-state index is 11.9. The van der Waals surface area contributed by atoms with Gasteiger partial charge in [-0.3, -0.25) is 9.59 Å². The summed E-state index contributed by atoms with van der Waals surface area (Å²) in [6.07, 6.45) is 0. The van der Waals surface area contributed by atoms with Crippen molar-refractivity contribution in [1.82, 2.24) is 10.6 Å². The third-order valence-electron chi connectivity index (χ3n) is 2.57. The normalized spacial score (nSPS) is 11.9. The Bertz CT molecular complexity index is 521. The van der Waals surface area contributed by atoms with Crippen molar-refractivity contribution in [2.75, 3.05) is 11.9 Å². The molecule has 2 amide bonds. The first kappa shape index (κ1) is 17.6. The van der Waals surface area contributed by atoms with E-state index in [9.17, 15) is 9.59 Å². The van der Waals surface area contributed by atoms with Crippen LogP contribution < -0.4 is 16.0 Å². The lowest BCUT2D eigenvalue weighted by Gasteiger charge is -2.16. The third-order valence-corrected chi connectivity index (χ3v) is 3.12. The molecule has 0 unspecified atom stereocenters. The summed E-state index contributed by atoms with van der Waals surface area (Å²) in [6, 6.07) is 4.47. The van der Waals surface area contributed by atoms with Gasteiger partial charge in [-0.2, -0.15) is 0 Å². The molecular formula is C14H19Cl2N3O2. The van der Waals surface area contributed by atoms with Crippen molar-refractivity contribution < 1.29 is 9.59 Å². The molecule has 3 N–H and O–H groups in total. The smallest absolute Gasteiger partial charge is 0.242 e. The molecule has 0 saturated heterocycles. The van der Waals surface area contributed by atoms with Gasteiger partial charge >= 0.3 is 0 Å². The molecule has 1 atom stereocenters. The molecule has 7 heteroatoms. The van der Waals surface area contributed by atoms with Crippen LogP contribution in [-0.2, 0) is 9.59 Å². The van der Waals surface area contributed by atoms with Crippen LogP contribution in [0.4, 0.5) is 5.69 Å². The average molecular weight is 332 g/mol. The predicted octanol–water partition coefficient (Wildman–Crippen LogP) is 2.43. The van der Waals surface area contributed by atoms with Gasteiger partial charge in [0.05, 0.1) is 17.3 Å². The highest BCUT2D eigenvalue weighted by Gasteiger charge is 2.15. The van der Waals surface area contributed by atoms with Gasteiger partial charge in [-0.05, 0) is 39.0 Å². The van der Waals surface area contributed by atoms with E-state index in [-0.39, 0.29) is 24.4 Å². The van der Waals surface area contributed by atoms with Gasteiger partial charge in [0.1, 0.15) is 6.04 Å². The van der Waals surface area contributed by atoms with Gasteiger partial charge in [-0.25, -0.2) is 0 Å². The Morgan fingerprint density at radius 1 is 1.19 bits per heavy atom. The second-order valence-electron chi connectivity index (χ2n) is 4.93. The largest absolute Gasteiger partial charge is 0.373 e. The lowest BCUT2D eigenvalue weighted by molar-refractivity contribution is -0.126. The Kier molecular flexibility index (Phi) is 6.78. The number of carbonyl (C=O) groups excluding carboxylic acids is 2. The lowest BCUT2D eigenvalue weighted by Crippen LogP contribution is -2.44. The minimum absolute atomic E-state index is 0.0397. The first-order valence-corrected chi connectivity index (χ1v) is 7.34. The highest BCUT2D eigenvalue weighted by Crippen LogP contribution is 2.25. The molecule has 0 bridgehead atoms. The van der Waals surface area contributed by atoms with Crippen LogP contribution in [0.5, 0.6) is 0 Å². The first-order chi connectivity index (χ1) is 9.79. The number of rotatable bonds is 6. The molecule has 0 aliphatic carbocycles. The molecular weight excluding hydrogens is 313 g/mol. The fraction of sp³-hybridized carbons (Fsp3) is 0.429. The third kappa shape index (κ3) is 6.23. The van der Waals surface area contributed by atoms with E-state index in [2.05, 4.69) is 16.0 Å². The van der Waals surface area contributed by atoms with Gasteiger partial charge in [0.15, 0.2) is 0 Å². The summed E-state index contributed by atoms with van der Waals surface area (Å²) in [6.45, 7) is 5.33. The Balaban J connectivity index is 2.49. The SMILES string of the molecule is CC(C)NC(=O)CNC(=O)[C@H](C)Nc1ccc(Cl)cc1Cl. The fourth-order valence-corrected chi connectivity index (χ4v) is 2.06. The van der Waals surface area contributed by atoms with Crippen LogP contribution in [0.2, 0.25) is 10.0 Å². The number of hydrogen-bond donors (Lipinski definition) is 3. The summed E-state index contributed by atoms with van der Waals surface area (Å²) in [5, 5.41) is 9.17. The van der Waals surface area contributed by atoms with Gasteiger partial charge in [0.2, 0.25) is 11.8 Å². The zero-order chi connectivity index (χ0) is 16.0. The van der Waals surface area contributed by atoms with Crippen LogP contribution in [0, 0.1) is 0 Å². The van der Waals surface area contributed by atoms with Gasteiger partial charge in [-0.15, -0.1) is 0 Å². The van der Waals surface area contributed by atoms with E-state index >= 15 is 0 Å². The lowest BCUT2D eigenvalue weighted by atomic mass is 10.2. The maximum absolute atomic E-state index is 11.9. The van der Waals surface area contributed by atoms with E-state index in [0.717, 1.165) is 0 Å². The number of benzene rings is 1. The van der Waals surface area contributed by atoms with E-state index in [0.29, 0.717) is 15.7 Å². The molecule has 0 aliphatic heterocycles. The van der Waals surface area contributed by atoms with E-state index in [1.807, 2.05) is 13.8 Å². The second-order valence-corrected chi connectivity index (χ2v) is 5.77. The van der Waals surface area contributed by atoms with Crippen molar-refractivity contribution in [3.63, 3.8) is 0 Å². The number of carbonyl (C=O) groups is 2. The zero-order valence-corrected chi connectivity index (χ0v) is 13.7. The number of hydrogen-bond acceptors (Lipinski definition) is 3. The van der Waals surface area contributed by atoms with Crippen molar-refractivity contribution in [2.45, 2.75) is 32.9 Å².